The van der Waals surface area contributed by atoms with Gasteiger partial charge in [0.25, 0.3) is 0 Å². The minimum Gasteiger partial charge on any atom is -0.554 e. The Morgan fingerprint density at radius 1 is 1.38 bits per heavy atom. The van der Waals surface area contributed by atoms with Gasteiger partial charge in [-0.1, -0.05) is 30.3 Å². The molecular formula is C10H12NOY-. The zero-order valence-corrected chi connectivity index (χ0v) is 10.5. The molecule has 1 aromatic carbocycles. The van der Waals surface area contributed by atoms with Crippen LogP contribution in [0.15, 0.2) is 30.3 Å². The van der Waals surface area contributed by atoms with Crippen molar-refractivity contribution in [3.8, 4) is 0 Å². The number of hydrogen-bond acceptors (Lipinski definition) is 2. The van der Waals surface area contributed by atoms with E-state index < -0.39 is 0 Å². The van der Waals surface area contributed by atoms with Crippen molar-refractivity contribution in [3.05, 3.63) is 42.5 Å². The summed E-state index contributed by atoms with van der Waals surface area (Å²) in [6, 6.07) is 9.64. The normalized spacial score (nSPS) is 9.00. The molecule has 0 unspecified atom stereocenters. The van der Waals surface area contributed by atoms with Gasteiger partial charge in [-0.2, -0.15) is 0 Å². The third-order valence-corrected chi connectivity index (χ3v) is 1.58. The Labute approximate surface area is 104 Å². The van der Waals surface area contributed by atoms with E-state index in [9.17, 15) is 0 Å². The van der Waals surface area contributed by atoms with Crippen LogP contribution in [0, 0.1) is 12.0 Å². The van der Waals surface area contributed by atoms with Gasteiger partial charge in [0.2, 0.25) is 0 Å². The summed E-state index contributed by atoms with van der Waals surface area (Å²) in [4.78, 5) is 0. The Hall–Kier alpha value is -0.0461. The van der Waals surface area contributed by atoms with Crippen molar-refractivity contribution in [1.29, 1.82) is 5.41 Å². The van der Waals surface area contributed by atoms with Crippen molar-refractivity contribution in [1.82, 2.24) is 0 Å². The second kappa shape index (κ2) is 7.37. The van der Waals surface area contributed by atoms with E-state index in [0.717, 1.165) is 5.56 Å². The van der Waals surface area contributed by atoms with Gasteiger partial charge in [-0.15, -0.1) is 6.42 Å². The van der Waals surface area contributed by atoms with Crippen LogP contribution in [-0.2, 0) is 37.4 Å². The van der Waals surface area contributed by atoms with Crippen molar-refractivity contribution in [2.45, 2.75) is 6.42 Å². The molecule has 3 heteroatoms. The molecule has 0 fully saturated rings. The largest absolute Gasteiger partial charge is 0.554 e. The van der Waals surface area contributed by atoms with Crippen LogP contribution in [0.2, 0.25) is 0 Å². The predicted molar refractivity (Wildman–Crippen MR) is 49.2 cm³/mol. The molecule has 0 spiro atoms. The Kier molecular flexibility index (Phi) is 7.34. The maximum atomic E-state index is 7.62. The third kappa shape index (κ3) is 4.65. The molecule has 67 valence electrons. The SMILES string of the molecule is CO[CH-]CC(=N)c1ccccc1.[Y]. The minimum absolute atomic E-state index is 0. The summed E-state index contributed by atoms with van der Waals surface area (Å²) >= 11 is 0. The summed E-state index contributed by atoms with van der Waals surface area (Å²) in [6.07, 6.45) is 0.556. The summed E-state index contributed by atoms with van der Waals surface area (Å²) in [7, 11) is 1.60. The fourth-order valence-corrected chi connectivity index (χ4v) is 0.924. The maximum Gasteiger partial charge on any atom is 0.0109 e. The third-order valence-electron chi connectivity index (χ3n) is 1.58. The molecule has 0 saturated carbocycles. The summed E-state index contributed by atoms with van der Waals surface area (Å²) in [5.74, 6) is 0. The van der Waals surface area contributed by atoms with Crippen LogP contribution in [0.5, 0.6) is 0 Å². The van der Waals surface area contributed by atoms with Crippen molar-refractivity contribution in [3.63, 3.8) is 0 Å². The molecule has 0 aromatic heterocycles. The van der Waals surface area contributed by atoms with Crippen LogP contribution in [0.4, 0.5) is 0 Å². The van der Waals surface area contributed by atoms with E-state index in [1.807, 2.05) is 30.3 Å². The van der Waals surface area contributed by atoms with Gasteiger partial charge in [0.05, 0.1) is 0 Å². The summed E-state index contributed by atoms with van der Waals surface area (Å²) < 4.78 is 4.77. The molecule has 1 rings (SSSR count). The van der Waals surface area contributed by atoms with Gasteiger partial charge in [0, 0.05) is 38.4 Å². The molecule has 1 N–H and O–H groups in total. The predicted octanol–water partition coefficient (Wildman–Crippen LogP) is 2.25. The topological polar surface area (TPSA) is 33.1 Å². The molecule has 0 aliphatic carbocycles. The van der Waals surface area contributed by atoms with E-state index in [0.29, 0.717) is 12.1 Å². The molecule has 0 amide bonds. The number of benzene rings is 1. The molecule has 13 heavy (non-hydrogen) atoms. The van der Waals surface area contributed by atoms with E-state index in [1.165, 1.54) is 0 Å². The van der Waals surface area contributed by atoms with Gasteiger partial charge in [-0.05, 0) is 12.7 Å². The molecule has 0 saturated heterocycles. The van der Waals surface area contributed by atoms with E-state index in [4.69, 9.17) is 10.1 Å². The number of nitrogens with one attached hydrogen (secondary N) is 1. The van der Waals surface area contributed by atoms with Crippen molar-refractivity contribution >= 4 is 5.71 Å². The van der Waals surface area contributed by atoms with Crippen molar-refractivity contribution in [2.24, 2.45) is 0 Å². The van der Waals surface area contributed by atoms with Gasteiger partial charge in [0.15, 0.2) is 0 Å². The minimum atomic E-state index is 0. The first-order chi connectivity index (χ1) is 5.84. The second-order valence-corrected chi connectivity index (χ2v) is 2.45. The van der Waals surface area contributed by atoms with Crippen LogP contribution in [-0.4, -0.2) is 12.8 Å². The summed E-state index contributed by atoms with van der Waals surface area (Å²) in [5, 5.41) is 7.62. The Balaban J connectivity index is 0.00000144. The maximum absolute atomic E-state index is 7.62. The molecule has 0 bridgehead atoms. The standard InChI is InChI=1S/C10H12NO.Y/c1-12-8-7-10(11)9-5-3-2-4-6-9;/h2-6,8,11H,7H2,1H3;/q-1;. The number of hydrogen-bond donors (Lipinski definition) is 1. The van der Waals surface area contributed by atoms with E-state index in [1.54, 1.807) is 13.7 Å². The quantitative estimate of drug-likeness (QED) is 0.646. The Bertz CT molecular complexity index is 248. The van der Waals surface area contributed by atoms with E-state index in [-0.39, 0.29) is 32.7 Å². The summed E-state index contributed by atoms with van der Waals surface area (Å²) in [6.45, 7) is 1.62. The molecular weight excluding hydrogens is 239 g/mol. The van der Waals surface area contributed by atoms with Gasteiger partial charge in [0.1, 0.15) is 0 Å². The summed E-state index contributed by atoms with van der Waals surface area (Å²) in [5.41, 5.74) is 1.53. The Morgan fingerprint density at radius 3 is 2.54 bits per heavy atom. The van der Waals surface area contributed by atoms with Gasteiger partial charge >= 0.3 is 0 Å². The molecule has 0 aliphatic heterocycles. The van der Waals surface area contributed by atoms with Crippen LogP contribution < -0.4 is 0 Å². The monoisotopic (exact) mass is 251 g/mol. The number of ether oxygens (including phenoxy) is 1. The first-order valence-electron chi connectivity index (χ1n) is 3.82. The Morgan fingerprint density at radius 2 is 2.00 bits per heavy atom. The fraction of sp³-hybridized carbons (Fsp3) is 0.200. The first kappa shape index (κ1) is 13.0. The molecule has 1 radical (unpaired) electrons. The van der Waals surface area contributed by atoms with Gasteiger partial charge in [-0.25, -0.2) is 6.61 Å². The van der Waals surface area contributed by atoms with Crippen molar-refractivity contribution in [2.75, 3.05) is 7.11 Å². The number of methoxy groups -OCH3 is 1. The van der Waals surface area contributed by atoms with Crippen LogP contribution in [0.3, 0.4) is 0 Å². The molecule has 1 aromatic rings. The molecule has 0 aliphatic rings. The zero-order chi connectivity index (χ0) is 8.81. The second-order valence-electron chi connectivity index (χ2n) is 2.45. The van der Waals surface area contributed by atoms with Gasteiger partial charge < -0.3 is 10.1 Å². The molecule has 2 nitrogen and oxygen atoms in total. The van der Waals surface area contributed by atoms with Crippen molar-refractivity contribution < 1.29 is 37.4 Å². The average Bonchev–Trinajstić information content (AvgIpc) is 2.15. The fourth-order valence-electron chi connectivity index (χ4n) is 0.924. The molecule has 0 atom stereocenters. The van der Waals surface area contributed by atoms with E-state index in [2.05, 4.69) is 0 Å². The average molecular weight is 251 g/mol. The van der Waals surface area contributed by atoms with E-state index >= 15 is 0 Å². The van der Waals surface area contributed by atoms with Gasteiger partial charge in [-0.3, -0.25) is 0 Å². The zero-order valence-electron chi connectivity index (χ0n) is 7.66. The number of rotatable bonds is 4. The van der Waals surface area contributed by atoms with Crippen LogP contribution >= 0.6 is 0 Å². The molecule has 0 heterocycles. The van der Waals surface area contributed by atoms with Crippen LogP contribution in [0.25, 0.3) is 0 Å². The smallest absolute Gasteiger partial charge is 0.0109 e. The first-order valence-corrected chi connectivity index (χ1v) is 3.82. The van der Waals surface area contributed by atoms with Crippen LogP contribution in [0.1, 0.15) is 12.0 Å².